The van der Waals surface area contributed by atoms with Gasteiger partial charge in [-0.25, -0.2) is 0 Å². The third kappa shape index (κ3) is 2.44. The standard InChI is InChI=1S/C12H16ClNO/c1-15-12-8-9(5-6-10(12)13)11-4-2-3-7-14-11/h5-6,8,11,14H,2-4,7H2,1H3. The molecule has 1 aliphatic rings. The number of hydrogen-bond acceptors (Lipinski definition) is 2. The molecule has 2 nitrogen and oxygen atoms in total. The van der Waals surface area contributed by atoms with Gasteiger partial charge in [-0.2, -0.15) is 0 Å². The Balaban J connectivity index is 2.20. The highest BCUT2D eigenvalue weighted by Gasteiger charge is 2.15. The van der Waals surface area contributed by atoms with Gasteiger partial charge in [0.15, 0.2) is 0 Å². The van der Waals surface area contributed by atoms with Gasteiger partial charge >= 0.3 is 0 Å². The molecule has 0 saturated carbocycles. The normalized spacial score (nSPS) is 21.3. The summed E-state index contributed by atoms with van der Waals surface area (Å²) in [5.74, 6) is 0.765. The number of hydrogen-bond donors (Lipinski definition) is 1. The molecule has 0 bridgehead atoms. The third-order valence-corrected chi connectivity index (χ3v) is 3.20. The Bertz CT molecular complexity index is 334. The molecule has 2 rings (SSSR count). The van der Waals surface area contributed by atoms with Gasteiger partial charge in [0.05, 0.1) is 12.1 Å². The molecular weight excluding hydrogens is 210 g/mol. The summed E-state index contributed by atoms with van der Waals surface area (Å²) in [6.07, 6.45) is 3.77. The Morgan fingerprint density at radius 3 is 2.93 bits per heavy atom. The fourth-order valence-electron chi connectivity index (χ4n) is 2.03. The molecule has 1 aromatic rings. The van der Waals surface area contributed by atoms with Crippen molar-refractivity contribution >= 4 is 11.6 Å². The number of nitrogens with one attached hydrogen (secondary N) is 1. The van der Waals surface area contributed by atoms with Gasteiger partial charge in [-0.05, 0) is 37.1 Å². The van der Waals surface area contributed by atoms with E-state index in [1.807, 2.05) is 12.1 Å². The van der Waals surface area contributed by atoms with Crippen molar-refractivity contribution in [2.24, 2.45) is 0 Å². The summed E-state index contributed by atoms with van der Waals surface area (Å²) in [6, 6.07) is 6.48. The van der Waals surface area contributed by atoms with Gasteiger partial charge in [0, 0.05) is 6.04 Å². The van der Waals surface area contributed by atoms with Crippen molar-refractivity contribution in [1.29, 1.82) is 0 Å². The average Bonchev–Trinajstić information content (AvgIpc) is 2.31. The molecule has 3 heteroatoms. The van der Waals surface area contributed by atoms with Crippen molar-refractivity contribution in [2.45, 2.75) is 25.3 Å². The molecule has 0 aliphatic carbocycles. The maximum Gasteiger partial charge on any atom is 0.137 e. The zero-order chi connectivity index (χ0) is 10.7. The minimum atomic E-state index is 0.463. The van der Waals surface area contributed by atoms with Crippen molar-refractivity contribution in [1.82, 2.24) is 5.32 Å². The second-order valence-corrected chi connectivity index (χ2v) is 4.30. The molecule has 15 heavy (non-hydrogen) atoms. The molecule has 1 fully saturated rings. The maximum absolute atomic E-state index is 5.99. The van der Waals surface area contributed by atoms with Crippen LogP contribution in [0.25, 0.3) is 0 Å². The highest BCUT2D eigenvalue weighted by molar-refractivity contribution is 6.32. The van der Waals surface area contributed by atoms with E-state index >= 15 is 0 Å². The Morgan fingerprint density at radius 2 is 2.27 bits per heavy atom. The first-order chi connectivity index (χ1) is 7.31. The van der Waals surface area contributed by atoms with E-state index < -0.39 is 0 Å². The fraction of sp³-hybridized carbons (Fsp3) is 0.500. The van der Waals surface area contributed by atoms with Gasteiger partial charge in [-0.15, -0.1) is 0 Å². The van der Waals surface area contributed by atoms with Crippen LogP contribution in [0, 0.1) is 0 Å². The molecule has 1 aliphatic heterocycles. The first-order valence-corrected chi connectivity index (χ1v) is 5.76. The molecule has 1 unspecified atom stereocenters. The average molecular weight is 226 g/mol. The van der Waals surface area contributed by atoms with Crippen LogP contribution in [0.2, 0.25) is 5.02 Å². The van der Waals surface area contributed by atoms with Crippen LogP contribution in [0.4, 0.5) is 0 Å². The van der Waals surface area contributed by atoms with Gasteiger partial charge in [0.2, 0.25) is 0 Å². The number of methoxy groups -OCH3 is 1. The zero-order valence-electron chi connectivity index (χ0n) is 8.92. The van der Waals surface area contributed by atoms with E-state index in [1.165, 1.54) is 24.8 Å². The van der Waals surface area contributed by atoms with Crippen molar-refractivity contribution in [3.8, 4) is 5.75 Å². The summed E-state index contributed by atoms with van der Waals surface area (Å²) in [6.45, 7) is 1.11. The number of piperidine rings is 1. The SMILES string of the molecule is COc1cc(C2CCCCN2)ccc1Cl. The summed E-state index contributed by atoms with van der Waals surface area (Å²) in [7, 11) is 1.65. The smallest absolute Gasteiger partial charge is 0.137 e. The predicted molar refractivity (Wildman–Crippen MR) is 62.6 cm³/mol. The molecule has 82 valence electrons. The first kappa shape index (κ1) is 10.8. The van der Waals surface area contributed by atoms with Gasteiger partial charge < -0.3 is 10.1 Å². The quantitative estimate of drug-likeness (QED) is 0.835. The Kier molecular flexibility index (Phi) is 3.49. The molecule has 0 amide bonds. The lowest BCUT2D eigenvalue weighted by Crippen LogP contribution is -2.26. The topological polar surface area (TPSA) is 21.3 Å². The highest BCUT2D eigenvalue weighted by Crippen LogP contribution is 2.30. The minimum absolute atomic E-state index is 0.463. The van der Waals surface area contributed by atoms with E-state index in [4.69, 9.17) is 16.3 Å². The molecular formula is C12H16ClNO. The van der Waals surface area contributed by atoms with E-state index in [0.29, 0.717) is 11.1 Å². The van der Waals surface area contributed by atoms with E-state index in [2.05, 4.69) is 11.4 Å². The van der Waals surface area contributed by atoms with Gasteiger partial charge in [-0.3, -0.25) is 0 Å². The fourth-order valence-corrected chi connectivity index (χ4v) is 2.22. The van der Waals surface area contributed by atoms with Gasteiger partial charge in [0.1, 0.15) is 5.75 Å². The Morgan fingerprint density at radius 1 is 1.40 bits per heavy atom. The Hall–Kier alpha value is -0.730. The van der Waals surface area contributed by atoms with E-state index in [0.717, 1.165) is 12.3 Å². The van der Waals surface area contributed by atoms with Crippen LogP contribution >= 0.6 is 11.6 Å². The summed E-state index contributed by atoms with van der Waals surface area (Å²) in [4.78, 5) is 0. The van der Waals surface area contributed by atoms with Crippen LogP contribution in [-0.2, 0) is 0 Å². The summed E-state index contributed by atoms with van der Waals surface area (Å²) in [5, 5.41) is 4.19. The molecule has 0 aromatic heterocycles. The van der Waals surface area contributed by atoms with Crippen molar-refractivity contribution < 1.29 is 4.74 Å². The van der Waals surface area contributed by atoms with Crippen LogP contribution in [0.15, 0.2) is 18.2 Å². The molecule has 1 heterocycles. The van der Waals surface area contributed by atoms with Crippen LogP contribution in [0.5, 0.6) is 5.75 Å². The van der Waals surface area contributed by atoms with Crippen LogP contribution < -0.4 is 10.1 Å². The van der Waals surface area contributed by atoms with Crippen LogP contribution in [-0.4, -0.2) is 13.7 Å². The first-order valence-electron chi connectivity index (χ1n) is 5.38. The second-order valence-electron chi connectivity index (χ2n) is 3.90. The molecule has 1 saturated heterocycles. The largest absolute Gasteiger partial charge is 0.495 e. The molecule has 1 N–H and O–H groups in total. The number of rotatable bonds is 2. The van der Waals surface area contributed by atoms with Gasteiger partial charge in [-0.1, -0.05) is 24.1 Å². The number of ether oxygens (including phenoxy) is 1. The van der Waals surface area contributed by atoms with Crippen LogP contribution in [0.1, 0.15) is 30.9 Å². The maximum atomic E-state index is 5.99. The predicted octanol–water partition coefficient (Wildman–Crippen LogP) is 3.16. The van der Waals surface area contributed by atoms with Gasteiger partial charge in [0.25, 0.3) is 0 Å². The molecule has 1 aromatic carbocycles. The number of halogens is 1. The third-order valence-electron chi connectivity index (χ3n) is 2.89. The lowest BCUT2D eigenvalue weighted by atomic mass is 9.97. The summed E-state index contributed by atoms with van der Waals surface area (Å²) in [5.41, 5.74) is 1.27. The molecule has 1 atom stereocenters. The monoisotopic (exact) mass is 225 g/mol. The van der Waals surface area contributed by atoms with Crippen molar-refractivity contribution in [3.05, 3.63) is 28.8 Å². The second kappa shape index (κ2) is 4.86. The van der Waals surface area contributed by atoms with Crippen molar-refractivity contribution in [2.75, 3.05) is 13.7 Å². The number of benzene rings is 1. The summed E-state index contributed by atoms with van der Waals surface area (Å²) >= 11 is 5.99. The van der Waals surface area contributed by atoms with E-state index in [1.54, 1.807) is 7.11 Å². The Labute approximate surface area is 95.6 Å². The van der Waals surface area contributed by atoms with Crippen LogP contribution in [0.3, 0.4) is 0 Å². The lowest BCUT2D eigenvalue weighted by Gasteiger charge is -2.24. The minimum Gasteiger partial charge on any atom is -0.495 e. The van der Waals surface area contributed by atoms with E-state index in [9.17, 15) is 0 Å². The van der Waals surface area contributed by atoms with E-state index in [-0.39, 0.29) is 0 Å². The molecule has 0 radical (unpaired) electrons. The highest BCUT2D eigenvalue weighted by atomic mass is 35.5. The lowest BCUT2D eigenvalue weighted by molar-refractivity contribution is 0.400. The molecule has 0 spiro atoms. The van der Waals surface area contributed by atoms with Crippen molar-refractivity contribution in [3.63, 3.8) is 0 Å². The zero-order valence-corrected chi connectivity index (χ0v) is 9.68. The summed E-state index contributed by atoms with van der Waals surface area (Å²) < 4.78 is 5.22.